The second kappa shape index (κ2) is 12.1. The van der Waals surface area contributed by atoms with Crippen LogP contribution in [0.5, 0.6) is 0 Å². The molecule has 190 valence electrons. The van der Waals surface area contributed by atoms with Crippen LogP contribution < -0.4 is 5.32 Å². The van der Waals surface area contributed by atoms with Crippen LogP contribution in [0.25, 0.3) is 17.1 Å². The second-order valence-corrected chi connectivity index (χ2v) is 10.6. The predicted octanol–water partition coefficient (Wildman–Crippen LogP) is 7.33. The van der Waals surface area contributed by atoms with Crippen LogP contribution in [0.3, 0.4) is 0 Å². The number of carbonyl (C=O) groups excluding carboxylic acids is 1. The Labute approximate surface area is 225 Å². The number of ketones is 1. The zero-order valence-electron chi connectivity index (χ0n) is 21.9. The molecule has 0 radical (unpaired) electrons. The minimum Gasteiger partial charge on any atom is -0.349 e. The minimum absolute atomic E-state index is 0.162. The first-order valence-electron chi connectivity index (χ1n) is 12.8. The van der Waals surface area contributed by atoms with Gasteiger partial charge in [-0.3, -0.25) is 4.79 Å². The van der Waals surface area contributed by atoms with Gasteiger partial charge in [0.15, 0.2) is 5.82 Å². The molecule has 0 saturated heterocycles. The van der Waals surface area contributed by atoms with Gasteiger partial charge in [0.25, 0.3) is 0 Å². The normalized spacial score (nSPS) is 11.9. The van der Waals surface area contributed by atoms with E-state index in [2.05, 4.69) is 73.4 Å². The highest BCUT2D eigenvalue weighted by atomic mass is 32.1. The third-order valence-corrected chi connectivity index (χ3v) is 6.62. The Balaban J connectivity index is 1.29. The van der Waals surface area contributed by atoms with Crippen molar-refractivity contribution in [3.63, 3.8) is 0 Å². The number of para-hydroxylation sites is 1. The molecule has 4 rings (SSSR count). The number of hydrogen-bond donors (Lipinski definition) is 1. The number of carbonyl (C=O) groups is 1. The number of hydrogen-bond acceptors (Lipinski definition) is 4. The lowest BCUT2D eigenvalue weighted by Crippen LogP contribution is -2.17. The number of anilines is 1. The molecule has 5 nitrogen and oxygen atoms in total. The van der Waals surface area contributed by atoms with Gasteiger partial charge in [-0.1, -0.05) is 93.1 Å². The van der Waals surface area contributed by atoms with Crippen molar-refractivity contribution in [3.05, 3.63) is 95.8 Å². The fraction of sp³-hybridized carbons (Fsp3) is 0.290. The van der Waals surface area contributed by atoms with Crippen LogP contribution in [-0.2, 0) is 11.2 Å². The number of rotatable bonds is 10. The maximum absolute atomic E-state index is 12.7. The quantitative estimate of drug-likeness (QED) is 0.226. The molecule has 0 amide bonds. The molecule has 1 N–H and O–H groups in total. The van der Waals surface area contributed by atoms with Crippen molar-refractivity contribution in [2.75, 3.05) is 5.32 Å². The number of benzene rings is 3. The van der Waals surface area contributed by atoms with Crippen LogP contribution in [0.1, 0.15) is 56.2 Å². The van der Waals surface area contributed by atoms with Crippen LogP contribution in [0.2, 0.25) is 0 Å². The first-order chi connectivity index (χ1) is 17.8. The SMILES string of the molecule is Cc1ccc(-n2cnc(-c3ccc(CC(C)CC(=O)CC(=S)Nc4ccccc4C(C)C)cc3)n2)cc1. The Hall–Kier alpha value is -3.64. The molecule has 0 spiro atoms. The summed E-state index contributed by atoms with van der Waals surface area (Å²) in [7, 11) is 0. The molecular weight excluding hydrogens is 476 g/mol. The summed E-state index contributed by atoms with van der Waals surface area (Å²) in [6, 6.07) is 24.6. The molecule has 6 heteroatoms. The molecule has 1 heterocycles. The Bertz CT molecular complexity index is 1360. The molecule has 0 bridgehead atoms. The van der Waals surface area contributed by atoms with Gasteiger partial charge in [-0.25, -0.2) is 9.67 Å². The van der Waals surface area contributed by atoms with Crippen molar-refractivity contribution in [1.82, 2.24) is 14.8 Å². The van der Waals surface area contributed by atoms with Crippen LogP contribution in [0, 0.1) is 12.8 Å². The summed E-state index contributed by atoms with van der Waals surface area (Å²) in [5.74, 6) is 1.46. The number of aryl methyl sites for hydroxylation is 1. The van der Waals surface area contributed by atoms with Gasteiger partial charge in [0.05, 0.1) is 17.1 Å². The van der Waals surface area contributed by atoms with Crippen LogP contribution in [0.15, 0.2) is 79.1 Å². The number of thiocarbonyl (C=S) groups is 1. The zero-order chi connectivity index (χ0) is 26.4. The first-order valence-corrected chi connectivity index (χ1v) is 13.2. The molecule has 0 fully saturated rings. The molecule has 1 unspecified atom stereocenters. The molecule has 1 atom stereocenters. The van der Waals surface area contributed by atoms with Gasteiger partial charge in [0.1, 0.15) is 12.1 Å². The zero-order valence-corrected chi connectivity index (χ0v) is 22.8. The number of aromatic nitrogens is 3. The number of nitrogens with one attached hydrogen (secondary N) is 1. The fourth-order valence-electron chi connectivity index (χ4n) is 4.43. The van der Waals surface area contributed by atoms with E-state index in [-0.39, 0.29) is 18.1 Å². The standard InChI is InChI=1S/C31H34N4OS/c1-21(2)28-7-5-6-8-29(28)33-30(37)19-27(36)18-23(4)17-24-11-13-25(14-12-24)31-32-20-35(34-31)26-15-9-22(3)10-16-26/h5-16,20-21,23H,17-19H2,1-4H3,(H,33,37). The molecule has 0 aliphatic heterocycles. The van der Waals surface area contributed by atoms with Gasteiger partial charge < -0.3 is 5.32 Å². The lowest BCUT2D eigenvalue weighted by molar-refractivity contribution is -0.118. The largest absolute Gasteiger partial charge is 0.349 e. The van der Waals surface area contributed by atoms with Gasteiger partial charge in [0.2, 0.25) is 0 Å². The molecule has 1 aromatic heterocycles. The molecule has 37 heavy (non-hydrogen) atoms. The van der Waals surface area contributed by atoms with E-state index >= 15 is 0 Å². The summed E-state index contributed by atoms with van der Waals surface area (Å²) >= 11 is 5.49. The van der Waals surface area contributed by atoms with Crippen molar-refractivity contribution in [2.24, 2.45) is 5.92 Å². The summed E-state index contributed by atoms with van der Waals surface area (Å²) in [6.45, 7) is 8.48. The molecule has 0 saturated carbocycles. The topological polar surface area (TPSA) is 59.8 Å². The van der Waals surface area contributed by atoms with Crippen molar-refractivity contribution in [2.45, 2.75) is 52.9 Å². The molecule has 4 aromatic rings. The Morgan fingerprint density at radius 1 is 0.973 bits per heavy atom. The van der Waals surface area contributed by atoms with Crippen molar-refractivity contribution < 1.29 is 4.79 Å². The Morgan fingerprint density at radius 3 is 2.38 bits per heavy atom. The second-order valence-electron chi connectivity index (χ2n) is 10.1. The summed E-state index contributed by atoms with van der Waals surface area (Å²) in [5.41, 5.74) is 6.54. The van der Waals surface area contributed by atoms with Crippen molar-refractivity contribution >= 4 is 28.7 Å². The third kappa shape index (κ3) is 7.20. The lowest BCUT2D eigenvalue weighted by atomic mass is 9.94. The van der Waals surface area contributed by atoms with E-state index in [9.17, 15) is 4.79 Å². The van der Waals surface area contributed by atoms with Crippen LogP contribution in [0.4, 0.5) is 5.69 Å². The van der Waals surface area contributed by atoms with Crippen LogP contribution in [-0.4, -0.2) is 25.5 Å². The number of Topliss-reactive ketones (excluding diaryl/α,β-unsaturated/α-hetero) is 1. The highest BCUT2D eigenvalue weighted by Crippen LogP contribution is 2.24. The minimum atomic E-state index is 0.162. The van der Waals surface area contributed by atoms with E-state index in [1.807, 2.05) is 42.5 Å². The van der Waals surface area contributed by atoms with Crippen molar-refractivity contribution in [1.29, 1.82) is 0 Å². The highest BCUT2D eigenvalue weighted by Gasteiger charge is 2.14. The van der Waals surface area contributed by atoms with Crippen LogP contribution >= 0.6 is 12.2 Å². The summed E-state index contributed by atoms with van der Waals surface area (Å²) in [6.07, 6.45) is 3.33. The smallest absolute Gasteiger partial charge is 0.181 e. The van der Waals surface area contributed by atoms with Crippen molar-refractivity contribution in [3.8, 4) is 17.1 Å². The average molecular weight is 511 g/mol. The van der Waals surface area contributed by atoms with E-state index in [4.69, 9.17) is 12.2 Å². The lowest BCUT2D eigenvalue weighted by Gasteiger charge is -2.15. The third-order valence-electron chi connectivity index (χ3n) is 6.38. The highest BCUT2D eigenvalue weighted by molar-refractivity contribution is 7.80. The Kier molecular flexibility index (Phi) is 8.62. The molecule has 0 aliphatic rings. The van der Waals surface area contributed by atoms with E-state index in [0.29, 0.717) is 23.2 Å². The number of nitrogens with zero attached hydrogens (tertiary/aromatic N) is 3. The summed E-state index contributed by atoms with van der Waals surface area (Å²) in [4.78, 5) is 17.7. The van der Waals surface area contributed by atoms with Gasteiger partial charge in [0, 0.05) is 17.7 Å². The van der Waals surface area contributed by atoms with E-state index < -0.39 is 0 Å². The van der Waals surface area contributed by atoms with Gasteiger partial charge in [-0.15, -0.1) is 5.10 Å². The molecule has 0 aliphatic carbocycles. The van der Waals surface area contributed by atoms with E-state index in [0.717, 1.165) is 23.4 Å². The first kappa shape index (κ1) is 26.4. The predicted molar refractivity (Wildman–Crippen MR) is 155 cm³/mol. The van der Waals surface area contributed by atoms with Gasteiger partial charge >= 0.3 is 0 Å². The Morgan fingerprint density at radius 2 is 1.68 bits per heavy atom. The van der Waals surface area contributed by atoms with Gasteiger partial charge in [-0.2, -0.15) is 0 Å². The fourth-order valence-corrected chi connectivity index (χ4v) is 4.70. The maximum Gasteiger partial charge on any atom is 0.181 e. The summed E-state index contributed by atoms with van der Waals surface area (Å²) < 4.78 is 1.79. The maximum atomic E-state index is 12.7. The molecular formula is C31H34N4OS. The molecule has 3 aromatic carbocycles. The monoisotopic (exact) mass is 510 g/mol. The van der Waals surface area contributed by atoms with E-state index in [1.54, 1.807) is 11.0 Å². The average Bonchev–Trinajstić information content (AvgIpc) is 3.35. The van der Waals surface area contributed by atoms with E-state index in [1.165, 1.54) is 16.7 Å². The van der Waals surface area contributed by atoms with Gasteiger partial charge in [-0.05, 0) is 54.5 Å². The summed E-state index contributed by atoms with van der Waals surface area (Å²) in [5, 5.41) is 7.90.